The molecule has 0 saturated heterocycles. The van der Waals surface area contributed by atoms with E-state index in [9.17, 15) is 9.59 Å². The monoisotopic (exact) mass is 329 g/mol. The predicted molar refractivity (Wildman–Crippen MR) is 90.1 cm³/mol. The van der Waals surface area contributed by atoms with E-state index in [1.807, 2.05) is 6.07 Å². The average molecular weight is 330 g/mol. The molecule has 0 unspecified atom stereocenters. The van der Waals surface area contributed by atoms with E-state index in [0.29, 0.717) is 23.7 Å². The number of nitrogens with zero attached hydrogens (tertiary/aromatic N) is 1. The molecule has 5 nitrogen and oxygen atoms in total. The Bertz CT molecular complexity index is 685. The summed E-state index contributed by atoms with van der Waals surface area (Å²) in [6.07, 6.45) is 6.43. The Labute approximate surface area is 139 Å². The van der Waals surface area contributed by atoms with Crippen molar-refractivity contribution >= 4 is 29.5 Å². The lowest BCUT2D eigenvalue weighted by molar-refractivity contribution is -0.116. The molecular weight excluding hydrogens is 314 g/mol. The lowest BCUT2D eigenvalue weighted by atomic mass is 10.2. The number of hydrogen-bond donors (Lipinski definition) is 2. The molecular formula is C17H16ClN3O2. The Balaban J connectivity index is 1.68. The molecule has 1 aromatic carbocycles. The number of hydrogen-bond acceptors (Lipinski definition) is 3. The summed E-state index contributed by atoms with van der Waals surface area (Å²) in [4.78, 5) is 27.4. The predicted octanol–water partition coefficient (Wildman–Crippen LogP) is 2.29. The standard InChI is InChI=1S/C17H16ClN3O2/c18-15-6-4-14(5-7-15)17(23)21-11-10-20-16(22)8-3-13-2-1-9-19-12-13/h1-9,12H,10-11H2,(H,20,22)(H,21,23)/b8-3+. The number of amides is 2. The summed E-state index contributed by atoms with van der Waals surface area (Å²) in [5, 5.41) is 5.98. The van der Waals surface area contributed by atoms with Gasteiger partial charge in [0.25, 0.3) is 5.91 Å². The largest absolute Gasteiger partial charge is 0.351 e. The zero-order valence-corrected chi connectivity index (χ0v) is 13.1. The maximum absolute atomic E-state index is 11.8. The van der Waals surface area contributed by atoms with Crippen molar-refractivity contribution < 1.29 is 9.59 Å². The van der Waals surface area contributed by atoms with Crippen LogP contribution in [0.15, 0.2) is 54.9 Å². The lowest BCUT2D eigenvalue weighted by Crippen LogP contribution is -2.33. The van der Waals surface area contributed by atoms with E-state index in [2.05, 4.69) is 15.6 Å². The van der Waals surface area contributed by atoms with Crippen LogP contribution in [0.5, 0.6) is 0 Å². The molecule has 2 rings (SSSR count). The fourth-order valence-corrected chi connectivity index (χ4v) is 1.90. The van der Waals surface area contributed by atoms with E-state index >= 15 is 0 Å². The smallest absolute Gasteiger partial charge is 0.251 e. The maximum atomic E-state index is 11.8. The molecule has 0 aliphatic carbocycles. The molecule has 2 N–H and O–H groups in total. The molecule has 6 heteroatoms. The minimum absolute atomic E-state index is 0.207. The first-order valence-corrected chi connectivity index (χ1v) is 7.42. The Morgan fingerprint density at radius 2 is 1.83 bits per heavy atom. The number of benzene rings is 1. The van der Waals surface area contributed by atoms with E-state index < -0.39 is 0 Å². The van der Waals surface area contributed by atoms with Crippen LogP contribution in [0.4, 0.5) is 0 Å². The van der Waals surface area contributed by atoms with E-state index in [1.165, 1.54) is 6.08 Å². The molecule has 23 heavy (non-hydrogen) atoms. The molecule has 118 valence electrons. The van der Waals surface area contributed by atoms with Gasteiger partial charge in [-0.05, 0) is 42.0 Å². The number of pyridine rings is 1. The summed E-state index contributed by atoms with van der Waals surface area (Å²) in [5.41, 5.74) is 1.37. The van der Waals surface area contributed by atoms with Gasteiger partial charge in [-0.2, -0.15) is 0 Å². The Kier molecular flexibility index (Phi) is 6.32. The zero-order valence-electron chi connectivity index (χ0n) is 12.3. The maximum Gasteiger partial charge on any atom is 0.251 e. The molecule has 0 fully saturated rings. The molecule has 2 amide bonds. The van der Waals surface area contributed by atoms with Gasteiger partial charge in [0.15, 0.2) is 0 Å². The minimum atomic E-state index is -0.227. The third-order valence-corrected chi connectivity index (χ3v) is 3.18. The molecule has 1 heterocycles. The Morgan fingerprint density at radius 1 is 1.09 bits per heavy atom. The van der Waals surface area contributed by atoms with Crippen LogP contribution < -0.4 is 10.6 Å². The summed E-state index contributed by atoms with van der Waals surface area (Å²) < 4.78 is 0. The highest BCUT2D eigenvalue weighted by Crippen LogP contribution is 2.09. The van der Waals surface area contributed by atoms with Crippen LogP contribution in [0.25, 0.3) is 6.08 Å². The first-order chi connectivity index (χ1) is 11.1. The van der Waals surface area contributed by atoms with Crippen molar-refractivity contribution in [2.45, 2.75) is 0 Å². The van der Waals surface area contributed by atoms with Gasteiger partial charge in [-0.1, -0.05) is 17.7 Å². The SMILES string of the molecule is O=C(/C=C/c1cccnc1)NCCNC(=O)c1ccc(Cl)cc1. The van der Waals surface area contributed by atoms with E-state index in [4.69, 9.17) is 11.6 Å². The molecule has 0 spiro atoms. The van der Waals surface area contributed by atoms with Crippen molar-refractivity contribution in [3.63, 3.8) is 0 Å². The molecule has 0 aliphatic rings. The van der Waals surface area contributed by atoms with Crippen LogP contribution in [-0.2, 0) is 4.79 Å². The summed E-state index contributed by atoms with van der Waals surface area (Å²) in [6, 6.07) is 10.2. The quantitative estimate of drug-likeness (QED) is 0.631. The van der Waals surface area contributed by atoms with Gasteiger partial charge in [0.05, 0.1) is 0 Å². The topological polar surface area (TPSA) is 71.1 Å². The van der Waals surface area contributed by atoms with Crippen molar-refractivity contribution in [2.24, 2.45) is 0 Å². The molecule has 0 radical (unpaired) electrons. The molecule has 1 aromatic heterocycles. The summed E-state index contributed by atoms with van der Waals surface area (Å²) in [5.74, 6) is -0.434. The van der Waals surface area contributed by atoms with Crippen molar-refractivity contribution in [1.29, 1.82) is 0 Å². The van der Waals surface area contributed by atoms with Gasteiger partial charge in [0.2, 0.25) is 5.91 Å². The second kappa shape index (κ2) is 8.70. The van der Waals surface area contributed by atoms with Crippen molar-refractivity contribution in [3.8, 4) is 0 Å². The van der Waals surface area contributed by atoms with Crippen molar-refractivity contribution in [1.82, 2.24) is 15.6 Å². The molecule has 0 saturated carbocycles. The van der Waals surface area contributed by atoms with Crippen LogP contribution in [0.1, 0.15) is 15.9 Å². The lowest BCUT2D eigenvalue weighted by Gasteiger charge is -2.06. The van der Waals surface area contributed by atoms with Gasteiger partial charge < -0.3 is 10.6 Å². The fraction of sp³-hybridized carbons (Fsp3) is 0.118. The third kappa shape index (κ3) is 5.92. The van der Waals surface area contributed by atoms with E-state index in [1.54, 1.807) is 48.8 Å². The van der Waals surface area contributed by atoms with Crippen molar-refractivity contribution in [2.75, 3.05) is 13.1 Å². The Morgan fingerprint density at radius 3 is 2.52 bits per heavy atom. The molecule has 0 bridgehead atoms. The van der Waals surface area contributed by atoms with E-state index in [0.717, 1.165) is 5.56 Å². The second-order valence-electron chi connectivity index (χ2n) is 4.67. The van der Waals surface area contributed by atoms with Crippen LogP contribution in [0.3, 0.4) is 0 Å². The van der Waals surface area contributed by atoms with Crippen LogP contribution >= 0.6 is 11.6 Å². The molecule has 2 aromatic rings. The minimum Gasteiger partial charge on any atom is -0.351 e. The number of halogens is 1. The Hall–Kier alpha value is -2.66. The third-order valence-electron chi connectivity index (χ3n) is 2.93. The van der Waals surface area contributed by atoms with E-state index in [-0.39, 0.29) is 11.8 Å². The van der Waals surface area contributed by atoms with Gasteiger partial charge in [-0.3, -0.25) is 14.6 Å². The van der Waals surface area contributed by atoms with Crippen LogP contribution in [-0.4, -0.2) is 29.9 Å². The van der Waals surface area contributed by atoms with Crippen LogP contribution in [0, 0.1) is 0 Å². The highest BCUT2D eigenvalue weighted by molar-refractivity contribution is 6.30. The normalized spacial score (nSPS) is 10.5. The number of carbonyl (C=O) groups excluding carboxylic acids is 2. The second-order valence-corrected chi connectivity index (χ2v) is 5.11. The first kappa shape index (κ1) is 16.7. The number of nitrogens with one attached hydrogen (secondary N) is 2. The van der Waals surface area contributed by atoms with Gasteiger partial charge in [-0.15, -0.1) is 0 Å². The number of rotatable bonds is 6. The van der Waals surface area contributed by atoms with Crippen molar-refractivity contribution in [3.05, 3.63) is 71.0 Å². The van der Waals surface area contributed by atoms with Crippen LogP contribution in [0.2, 0.25) is 5.02 Å². The summed E-state index contributed by atoms with van der Waals surface area (Å²) >= 11 is 5.76. The summed E-state index contributed by atoms with van der Waals surface area (Å²) in [6.45, 7) is 0.684. The highest BCUT2D eigenvalue weighted by atomic mass is 35.5. The van der Waals surface area contributed by atoms with Gasteiger partial charge in [0, 0.05) is 42.1 Å². The van der Waals surface area contributed by atoms with Gasteiger partial charge in [-0.25, -0.2) is 0 Å². The fourth-order valence-electron chi connectivity index (χ4n) is 1.77. The molecule has 0 aliphatic heterocycles. The summed E-state index contributed by atoms with van der Waals surface area (Å²) in [7, 11) is 0. The van der Waals surface area contributed by atoms with Gasteiger partial charge >= 0.3 is 0 Å². The average Bonchev–Trinajstić information content (AvgIpc) is 2.58. The van der Waals surface area contributed by atoms with Gasteiger partial charge in [0.1, 0.15) is 0 Å². The molecule has 0 atom stereocenters. The number of carbonyl (C=O) groups is 2. The highest BCUT2D eigenvalue weighted by Gasteiger charge is 2.04. The first-order valence-electron chi connectivity index (χ1n) is 7.05. The number of aromatic nitrogens is 1. The zero-order chi connectivity index (χ0) is 16.5.